The fourth-order valence-corrected chi connectivity index (χ4v) is 1.50. The minimum atomic E-state index is -0.183. The predicted molar refractivity (Wildman–Crippen MR) is 64.0 cm³/mol. The van der Waals surface area contributed by atoms with Crippen LogP contribution in [-0.2, 0) is 11.2 Å². The number of hydrogen-bond donors (Lipinski definition) is 1. The maximum Gasteiger partial charge on any atom is 0.123 e. The van der Waals surface area contributed by atoms with Crippen molar-refractivity contribution in [2.45, 2.75) is 32.4 Å². The van der Waals surface area contributed by atoms with Crippen molar-refractivity contribution in [1.82, 2.24) is 5.32 Å². The lowest BCUT2D eigenvalue weighted by Gasteiger charge is -2.16. The van der Waals surface area contributed by atoms with E-state index in [-0.39, 0.29) is 11.9 Å². The third-order valence-corrected chi connectivity index (χ3v) is 2.61. The van der Waals surface area contributed by atoms with Gasteiger partial charge < -0.3 is 10.1 Å². The highest BCUT2D eigenvalue weighted by molar-refractivity contribution is 5.16. The van der Waals surface area contributed by atoms with E-state index in [2.05, 4.69) is 12.2 Å². The molecule has 0 aliphatic carbocycles. The Balaban J connectivity index is 2.33. The third-order valence-electron chi connectivity index (χ3n) is 2.61. The number of hydrogen-bond acceptors (Lipinski definition) is 2. The summed E-state index contributed by atoms with van der Waals surface area (Å²) in [5.41, 5.74) is 1.14. The molecule has 0 radical (unpaired) electrons. The minimum absolute atomic E-state index is 0.183. The van der Waals surface area contributed by atoms with E-state index in [1.165, 1.54) is 12.1 Å². The van der Waals surface area contributed by atoms with Gasteiger partial charge in [0.05, 0.1) is 6.10 Å². The van der Waals surface area contributed by atoms with Crippen molar-refractivity contribution in [3.8, 4) is 0 Å². The second-order valence-corrected chi connectivity index (χ2v) is 4.19. The molecule has 1 rings (SSSR count). The van der Waals surface area contributed by atoms with Gasteiger partial charge in [0.15, 0.2) is 0 Å². The molecule has 1 aromatic rings. The fraction of sp³-hybridized carbons (Fsp3) is 0.538. The largest absolute Gasteiger partial charge is 0.380 e. The average molecular weight is 225 g/mol. The maximum absolute atomic E-state index is 12.7. The Kier molecular flexibility index (Phi) is 5.43. The van der Waals surface area contributed by atoms with Crippen LogP contribution in [-0.4, -0.2) is 25.8 Å². The Morgan fingerprint density at radius 2 is 1.88 bits per heavy atom. The van der Waals surface area contributed by atoms with E-state index in [0.717, 1.165) is 18.5 Å². The van der Waals surface area contributed by atoms with Gasteiger partial charge in [-0.05, 0) is 38.0 Å². The van der Waals surface area contributed by atoms with Gasteiger partial charge in [0.2, 0.25) is 0 Å². The standard InChI is InChI=1S/C13H20FNO/c1-10(15-9-11(2)16-3)8-12-4-6-13(14)7-5-12/h4-7,10-11,15H,8-9H2,1-3H3. The first-order chi connectivity index (χ1) is 7.61. The Labute approximate surface area is 96.8 Å². The minimum Gasteiger partial charge on any atom is -0.380 e. The van der Waals surface area contributed by atoms with Crippen LogP contribution in [0.2, 0.25) is 0 Å². The monoisotopic (exact) mass is 225 g/mol. The van der Waals surface area contributed by atoms with Crippen molar-refractivity contribution in [2.75, 3.05) is 13.7 Å². The van der Waals surface area contributed by atoms with Gasteiger partial charge in [0.1, 0.15) is 5.82 Å². The smallest absolute Gasteiger partial charge is 0.123 e. The summed E-state index contributed by atoms with van der Waals surface area (Å²) in [6.45, 7) is 4.97. The van der Waals surface area contributed by atoms with E-state index >= 15 is 0 Å². The lowest BCUT2D eigenvalue weighted by molar-refractivity contribution is 0.115. The molecule has 0 aliphatic rings. The van der Waals surface area contributed by atoms with Crippen LogP contribution in [0.25, 0.3) is 0 Å². The molecule has 90 valence electrons. The molecule has 0 spiro atoms. The Morgan fingerprint density at radius 1 is 1.25 bits per heavy atom. The third kappa shape index (κ3) is 4.73. The van der Waals surface area contributed by atoms with Crippen molar-refractivity contribution < 1.29 is 9.13 Å². The number of ether oxygens (including phenoxy) is 1. The van der Waals surface area contributed by atoms with Crippen LogP contribution < -0.4 is 5.32 Å². The summed E-state index contributed by atoms with van der Waals surface area (Å²) in [4.78, 5) is 0. The Morgan fingerprint density at radius 3 is 2.44 bits per heavy atom. The summed E-state index contributed by atoms with van der Waals surface area (Å²) < 4.78 is 17.8. The highest BCUT2D eigenvalue weighted by Gasteiger charge is 2.05. The van der Waals surface area contributed by atoms with Gasteiger partial charge in [-0.1, -0.05) is 12.1 Å². The van der Waals surface area contributed by atoms with Crippen LogP contribution in [0.5, 0.6) is 0 Å². The molecule has 1 aromatic carbocycles. The lowest BCUT2D eigenvalue weighted by Crippen LogP contribution is -2.34. The van der Waals surface area contributed by atoms with E-state index in [9.17, 15) is 4.39 Å². The van der Waals surface area contributed by atoms with Crippen molar-refractivity contribution >= 4 is 0 Å². The van der Waals surface area contributed by atoms with Crippen LogP contribution in [0.15, 0.2) is 24.3 Å². The molecule has 0 aromatic heterocycles. The normalized spacial score (nSPS) is 14.8. The van der Waals surface area contributed by atoms with E-state index < -0.39 is 0 Å². The molecule has 2 unspecified atom stereocenters. The van der Waals surface area contributed by atoms with Crippen LogP contribution in [0.3, 0.4) is 0 Å². The molecule has 0 fully saturated rings. The van der Waals surface area contributed by atoms with Crippen LogP contribution >= 0.6 is 0 Å². The lowest BCUT2D eigenvalue weighted by atomic mass is 10.1. The summed E-state index contributed by atoms with van der Waals surface area (Å²) in [6, 6.07) is 7.02. The molecule has 0 amide bonds. The fourth-order valence-electron chi connectivity index (χ4n) is 1.50. The SMILES string of the molecule is COC(C)CNC(C)Cc1ccc(F)cc1. The molecular formula is C13H20FNO. The molecule has 2 nitrogen and oxygen atoms in total. The van der Waals surface area contributed by atoms with Crippen molar-refractivity contribution in [1.29, 1.82) is 0 Å². The van der Waals surface area contributed by atoms with Gasteiger partial charge in [-0.25, -0.2) is 4.39 Å². The molecule has 16 heavy (non-hydrogen) atoms. The molecule has 0 heterocycles. The molecule has 1 N–H and O–H groups in total. The average Bonchev–Trinajstić information content (AvgIpc) is 2.29. The zero-order valence-corrected chi connectivity index (χ0v) is 10.2. The van der Waals surface area contributed by atoms with Crippen molar-refractivity contribution in [3.63, 3.8) is 0 Å². The number of rotatable bonds is 6. The molecule has 3 heteroatoms. The van der Waals surface area contributed by atoms with E-state index in [1.54, 1.807) is 7.11 Å². The van der Waals surface area contributed by atoms with Crippen LogP contribution in [0.4, 0.5) is 4.39 Å². The zero-order chi connectivity index (χ0) is 12.0. The molecular weight excluding hydrogens is 205 g/mol. The number of methoxy groups -OCH3 is 1. The maximum atomic E-state index is 12.7. The molecule has 2 atom stereocenters. The van der Waals surface area contributed by atoms with Crippen molar-refractivity contribution in [3.05, 3.63) is 35.6 Å². The van der Waals surface area contributed by atoms with Gasteiger partial charge in [-0.15, -0.1) is 0 Å². The second-order valence-electron chi connectivity index (χ2n) is 4.19. The Hall–Kier alpha value is -0.930. The van der Waals surface area contributed by atoms with Gasteiger partial charge in [-0.3, -0.25) is 0 Å². The van der Waals surface area contributed by atoms with Gasteiger partial charge in [0.25, 0.3) is 0 Å². The summed E-state index contributed by atoms with van der Waals surface area (Å²) in [7, 11) is 1.71. The first-order valence-electron chi connectivity index (χ1n) is 5.62. The molecule has 0 aliphatic heterocycles. The van der Waals surface area contributed by atoms with Gasteiger partial charge in [0, 0.05) is 19.7 Å². The summed E-state index contributed by atoms with van der Waals surface area (Å²) >= 11 is 0. The highest BCUT2D eigenvalue weighted by Crippen LogP contribution is 2.05. The van der Waals surface area contributed by atoms with E-state index in [1.807, 2.05) is 19.1 Å². The summed E-state index contributed by atoms with van der Waals surface area (Å²) in [5, 5.41) is 3.38. The molecule has 0 saturated carbocycles. The van der Waals surface area contributed by atoms with E-state index in [0.29, 0.717) is 6.04 Å². The van der Waals surface area contributed by atoms with Crippen molar-refractivity contribution in [2.24, 2.45) is 0 Å². The van der Waals surface area contributed by atoms with Crippen LogP contribution in [0.1, 0.15) is 19.4 Å². The van der Waals surface area contributed by atoms with Crippen LogP contribution in [0, 0.1) is 5.82 Å². The molecule has 0 saturated heterocycles. The first kappa shape index (κ1) is 13.1. The number of nitrogens with one attached hydrogen (secondary N) is 1. The first-order valence-corrected chi connectivity index (χ1v) is 5.62. The second kappa shape index (κ2) is 6.61. The highest BCUT2D eigenvalue weighted by atomic mass is 19.1. The topological polar surface area (TPSA) is 21.3 Å². The zero-order valence-electron chi connectivity index (χ0n) is 10.2. The van der Waals surface area contributed by atoms with E-state index in [4.69, 9.17) is 4.74 Å². The number of halogens is 1. The van der Waals surface area contributed by atoms with Gasteiger partial charge >= 0.3 is 0 Å². The number of benzene rings is 1. The quantitative estimate of drug-likeness (QED) is 0.802. The van der Waals surface area contributed by atoms with Gasteiger partial charge in [-0.2, -0.15) is 0 Å². The summed E-state index contributed by atoms with van der Waals surface area (Å²) in [5.74, 6) is -0.183. The Bertz CT molecular complexity index is 299. The summed E-state index contributed by atoms with van der Waals surface area (Å²) in [6.07, 6.45) is 1.12. The predicted octanol–water partition coefficient (Wildman–Crippen LogP) is 2.38. The molecule has 0 bridgehead atoms.